The van der Waals surface area contributed by atoms with E-state index in [1.54, 1.807) is 0 Å². The molecular formula is C18H31N5O8. The zero-order chi connectivity index (χ0) is 23.6. The van der Waals surface area contributed by atoms with Crippen molar-refractivity contribution in [2.45, 2.75) is 62.7 Å². The lowest BCUT2D eigenvalue weighted by molar-refractivity contribution is -0.148. The molecule has 0 bridgehead atoms. The second-order valence-corrected chi connectivity index (χ2v) is 7.32. The van der Waals surface area contributed by atoms with E-state index in [0.29, 0.717) is 32.2 Å². The second-order valence-electron chi connectivity index (χ2n) is 7.32. The first-order valence-electron chi connectivity index (χ1n) is 10.0. The first-order chi connectivity index (χ1) is 14.6. The predicted octanol–water partition coefficient (Wildman–Crippen LogP) is -3.05. The molecule has 1 saturated heterocycles. The number of nitrogens with two attached hydrogens (primary N) is 2. The Hall–Kier alpha value is -2.77. The summed E-state index contributed by atoms with van der Waals surface area (Å²) in [5.41, 5.74) is 11.2. The average Bonchev–Trinajstić information content (AvgIpc) is 3.20. The van der Waals surface area contributed by atoms with Crippen LogP contribution in [0.2, 0.25) is 0 Å². The molecular weight excluding hydrogens is 414 g/mol. The summed E-state index contributed by atoms with van der Waals surface area (Å²) in [6.45, 7) is -0.107. The van der Waals surface area contributed by atoms with Crippen molar-refractivity contribution in [2.75, 3.05) is 19.7 Å². The SMILES string of the molecule is NCCCCC(N)C(=O)NC(CO)C(=O)N1CCCC1C(=O)NC(CC(=O)O)C(=O)O. The second kappa shape index (κ2) is 12.8. The van der Waals surface area contributed by atoms with Crippen LogP contribution < -0.4 is 22.1 Å². The molecule has 13 heteroatoms. The van der Waals surface area contributed by atoms with Crippen LogP contribution in [-0.2, 0) is 24.0 Å². The van der Waals surface area contributed by atoms with Gasteiger partial charge in [0.05, 0.1) is 19.1 Å². The first-order valence-corrected chi connectivity index (χ1v) is 10.0. The van der Waals surface area contributed by atoms with Crippen LogP contribution in [-0.4, -0.2) is 93.7 Å². The number of aliphatic hydroxyl groups excluding tert-OH is 1. The Balaban J connectivity index is 2.78. The summed E-state index contributed by atoms with van der Waals surface area (Å²) >= 11 is 0. The number of amides is 3. The highest BCUT2D eigenvalue weighted by atomic mass is 16.4. The van der Waals surface area contributed by atoms with Crippen molar-refractivity contribution < 1.29 is 39.3 Å². The summed E-state index contributed by atoms with van der Waals surface area (Å²) in [5, 5.41) is 32.0. The molecule has 0 aromatic rings. The number of aliphatic carboxylic acids is 2. The fourth-order valence-corrected chi connectivity index (χ4v) is 3.25. The van der Waals surface area contributed by atoms with Gasteiger partial charge in [-0.15, -0.1) is 0 Å². The third-order valence-corrected chi connectivity index (χ3v) is 4.94. The molecule has 1 aliphatic heterocycles. The number of hydrogen-bond donors (Lipinski definition) is 7. The van der Waals surface area contributed by atoms with Gasteiger partial charge in [0.2, 0.25) is 17.7 Å². The Labute approximate surface area is 179 Å². The van der Waals surface area contributed by atoms with Gasteiger partial charge in [-0.3, -0.25) is 19.2 Å². The maximum atomic E-state index is 12.8. The number of unbranched alkanes of at least 4 members (excludes halogenated alkanes) is 1. The van der Waals surface area contributed by atoms with Crippen molar-refractivity contribution in [1.82, 2.24) is 15.5 Å². The third kappa shape index (κ3) is 8.11. The fourth-order valence-electron chi connectivity index (χ4n) is 3.25. The summed E-state index contributed by atoms with van der Waals surface area (Å²) in [4.78, 5) is 60.6. The number of carbonyl (C=O) groups excluding carboxylic acids is 3. The lowest BCUT2D eigenvalue weighted by Crippen LogP contribution is -2.57. The molecule has 176 valence electrons. The number of nitrogens with zero attached hydrogens (tertiary/aromatic N) is 1. The van der Waals surface area contributed by atoms with E-state index in [1.807, 2.05) is 0 Å². The van der Waals surface area contributed by atoms with Gasteiger partial charge in [-0.1, -0.05) is 6.42 Å². The molecule has 1 aliphatic rings. The summed E-state index contributed by atoms with van der Waals surface area (Å²) in [6, 6.07) is -4.91. The van der Waals surface area contributed by atoms with Gasteiger partial charge in [0.15, 0.2) is 0 Å². The molecule has 1 heterocycles. The quantitative estimate of drug-likeness (QED) is 0.142. The molecule has 31 heavy (non-hydrogen) atoms. The van der Waals surface area contributed by atoms with Crippen LogP contribution in [0.4, 0.5) is 0 Å². The molecule has 0 aromatic carbocycles. The van der Waals surface area contributed by atoms with Gasteiger partial charge in [-0.2, -0.15) is 0 Å². The molecule has 0 saturated carbocycles. The summed E-state index contributed by atoms with van der Waals surface area (Å²) < 4.78 is 0. The Morgan fingerprint density at radius 1 is 1.06 bits per heavy atom. The minimum atomic E-state index is -1.65. The number of carbonyl (C=O) groups is 5. The normalized spacial score (nSPS) is 18.7. The van der Waals surface area contributed by atoms with Crippen molar-refractivity contribution in [3.63, 3.8) is 0 Å². The molecule has 4 atom stereocenters. The van der Waals surface area contributed by atoms with Gasteiger partial charge in [0.1, 0.15) is 18.1 Å². The smallest absolute Gasteiger partial charge is 0.326 e. The van der Waals surface area contributed by atoms with Crippen molar-refractivity contribution in [1.29, 1.82) is 0 Å². The van der Waals surface area contributed by atoms with Gasteiger partial charge in [-0.25, -0.2) is 4.79 Å². The van der Waals surface area contributed by atoms with E-state index >= 15 is 0 Å². The van der Waals surface area contributed by atoms with Gasteiger partial charge in [0, 0.05) is 6.54 Å². The highest BCUT2D eigenvalue weighted by Gasteiger charge is 2.39. The van der Waals surface area contributed by atoms with E-state index in [0.717, 1.165) is 4.90 Å². The highest BCUT2D eigenvalue weighted by molar-refractivity contribution is 5.95. The molecule has 1 rings (SSSR count). The predicted molar refractivity (Wildman–Crippen MR) is 106 cm³/mol. The molecule has 0 spiro atoms. The third-order valence-electron chi connectivity index (χ3n) is 4.94. The number of carboxylic acids is 2. The highest BCUT2D eigenvalue weighted by Crippen LogP contribution is 2.19. The van der Waals surface area contributed by atoms with Crippen LogP contribution in [0.1, 0.15) is 38.5 Å². The minimum Gasteiger partial charge on any atom is -0.481 e. The average molecular weight is 445 g/mol. The van der Waals surface area contributed by atoms with Crippen molar-refractivity contribution >= 4 is 29.7 Å². The summed E-state index contributed by atoms with van der Waals surface area (Å²) in [7, 11) is 0. The Kier molecular flexibility index (Phi) is 10.9. The Morgan fingerprint density at radius 3 is 2.29 bits per heavy atom. The molecule has 0 aliphatic carbocycles. The van der Waals surface area contributed by atoms with Gasteiger partial charge in [-0.05, 0) is 32.2 Å². The molecule has 0 radical (unpaired) electrons. The van der Waals surface area contributed by atoms with E-state index in [1.165, 1.54) is 0 Å². The van der Waals surface area contributed by atoms with Crippen LogP contribution in [0, 0.1) is 0 Å². The van der Waals surface area contributed by atoms with Gasteiger partial charge >= 0.3 is 11.9 Å². The summed E-state index contributed by atoms with van der Waals surface area (Å²) in [6.07, 6.45) is 1.50. The molecule has 4 unspecified atom stereocenters. The van der Waals surface area contributed by atoms with Crippen molar-refractivity contribution in [3.05, 3.63) is 0 Å². The van der Waals surface area contributed by atoms with Crippen LogP contribution >= 0.6 is 0 Å². The number of nitrogens with one attached hydrogen (secondary N) is 2. The largest absolute Gasteiger partial charge is 0.481 e. The topological polar surface area (TPSA) is 225 Å². The number of rotatable bonds is 13. The Bertz CT molecular complexity index is 673. The zero-order valence-corrected chi connectivity index (χ0v) is 17.2. The molecule has 1 fully saturated rings. The lowest BCUT2D eigenvalue weighted by atomic mass is 10.1. The number of likely N-dealkylation sites (tertiary alicyclic amines) is 1. The van der Waals surface area contributed by atoms with Crippen LogP contribution in [0.15, 0.2) is 0 Å². The fraction of sp³-hybridized carbons (Fsp3) is 0.722. The van der Waals surface area contributed by atoms with Crippen molar-refractivity contribution in [2.24, 2.45) is 11.5 Å². The van der Waals surface area contributed by atoms with Crippen LogP contribution in [0.25, 0.3) is 0 Å². The van der Waals surface area contributed by atoms with Gasteiger partial charge in [0.25, 0.3) is 0 Å². The lowest BCUT2D eigenvalue weighted by Gasteiger charge is -2.29. The molecule has 13 nitrogen and oxygen atoms in total. The maximum absolute atomic E-state index is 12.8. The standard InChI is InChI=1S/C18H31N5O8/c19-6-2-1-4-10(20)15(27)22-12(9-24)17(29)23-7-3-5-13(23)16(28)21-11(18(30)31)8-14(25)26/h10-13,24H,1-9,19-20H2,(H,21,28)(H,22,27)(H,25,26)(H,30,31). The number of aliphatic hydroxyl groups is 1. The Morgan fingerprint density at radius 2 is 1.74 bits per heavy atom. The van der Waals surface area contributed by atoms with Crippen LogP contribution in [0.3, 0.4) is 0 Å². The van der Waals surface area contributed by atoms with Crippen molar-refractivity contribution in [3.8, 4) is 0 Å². The monoisotopic (exact) mass is 445 g/mol. The number of hydrogen-bond acceptors (Lipinski definition) is 8. The van der Waals surface area contributed by atoms with Gasteiger partial charge < -0.3 is 42.3 Å². The first kappa shape index (κ1) is 26.3. The summed E-state index contributed by atoms with van der Waals surface area (Å²) in [5.74, 6) is -5.08. The molecule has 0 aromatic heterocycles. The van der Waals surface area contributed by atoms with E-state index in [9.17, 15) is 29.1 Å². The van der Waals surface area contributed by atoms with E-state index in [4.69, 9.17) is 21.7 Å². The molecule has 3 amide bonds. The maximum Gasteiger partial charge on any atom is 0.326 e. The minimum absolute atomic E-state index is 0.155. The van der Waals surface area contributed by atoms with Crippen LogP contribution in [0.5, 0.6) is 0 Å². The van der Waals surface area contributed by atoms with E-state index < -0.39 is 66.9 Å². The van der Waals surface area contributed by atoms with E-state index in [2.05, 4.69) is 10.6 Å². The van der Waals surface area contributed by atoms with E-state index in [-0.39, 0.29) is 13.0 Å². The number of carboxylic acid groups (broad SMARTS) is 2. The molecule has 9 N–H and O–H groups in total. The zero-order valence-electron chi connectivity index (χ0n) is 17.2.